The van der Waals surface area contributed by atoms with E-state index in [0.29, 0.717) is 22.0 Å². The van der Waals surface area contributed by atoms with E-state index in [0.717, 1.165) is 26.5 Å². The van der Waals surface area contributed by atoms with Crippen LogP contribution in [0.4, 0.5) is 10.5 Å². The molecule has 35 heavy (non-hydrogen) atoms. The first kappa shape index (κ1) is 24.7. The summed E-state index contributed by atoms with van der Waals surface area (Å²) in [5.41, 5.74) is 2.34. The summed E-state index contributed by atoms with van der Waals surface area (Å²) in [5, 5.41) is 10.5. The molecule has 10 heteroatoms. The van der Waals surface area contributed by atoms with Crippen LogP contribution in [0.5, 0.6) is 11.5 Å². The average molecular weight is 602 g/mol. The van der Waals surface area contributed by atoms with E-state index in [-0.39, 0.29) is 30.0 Å². The van der Waals surface area contributed by atoms with Gasteiger partial charge in [-0.1, -0.05) is 18.2 Å². The van der Waals surface area contributed by atoms with Gasteiger partial charge in [0.05, 0.1) is 23.5 Å². The van der Waals surface area contributed by atoms with Crippen LogP contribution in [0.1, 0.15) is 16.7 Å². The van der Waals surface area contributed by atoms with Crippen LogP contribution < -0.4 is 9.47 Å². The Morgan fingerprint density at radius 2 is 1.69 bits per heavy atom. The van der Waals surface area contributed by atoms with Gasteiger partial charge in [0.1, 0.15) is 6.61 Å². The number of nitro groups is 1. The third-order valence-electron chi connectivity index (χ3n) is 5.15. The largest absolute Gasteiger partial charge is 0.493 e. The highest BCUT2D eigenvalue weighted by molar-refractivity contribution is 14.1. The van der Waals surface area contributed by atoms with E-state index in [1.165, 1.54) is 24.1 Å². The number of methoxy groups -OCH3 is 1. The number of nitro benzene ring substituents is 1. The number of imide groups is 1. The molecule has 1 saturated heterocycles. The molecule has 178 valence electrons. The molecule has 0 aromatic heterocycles. The van der Waals surface area contributed by atoms with Gasteiger partial charge in [-0.15, -0.1) is 0 Å². The second kappa shape index (κ2) is 10.9. The molecule has 2 amide bonds. The first-order valence-corrected chi connectivity index (χ1v) is 12.3. The number of carbonyl (C=O) groups excluding carboxylic acids is 2. The Morgan fingerprint density at radius 3 is 2.34 bits per heavy atom. The minimum Gasteiger partial charge on any atom is -0.493 e. The van der Waals surface area contributed by atoms with E-state index in [9.17, 15) is 19.7 Å². The Labute approximate surface area is 219 Å². The molecule has 0 saturated carbocycles. The second-order valence-corrected chi connectivity index (χ2v) is 9.76. The van der Waals surface area contributed by atoms with Crippen LogP contribution in [-0.2, 0) is 17.9 Å². The van der Waals surface area contributed by atoms with Crippen molar-refractivity contribution in [2.75, 3.05) is 7.11 Å². The van der Waals surface area contributed by atoms with Crippen molar-refractivity contribution in [1.82, 2.24) is 4.90 Å². The molecular formula is C25H19IN2O6S. The van der Waals surface area contributed by atoms with Crippen LogP contribution in [0.3, 0.4) is 0 Å². The molecular weight excluding hydrogens is 583 g/mol. The number of benzene rings is 3. The van der Waals surface area contributed by atoms with Crippen LogP contribution >= 0.6 is 34.4 Å². The van der Waals surface area contributed by atoms with E-state index in [2.05, 4.69) is 22.6 Å². The number of hydrogen-bond acceptors (Lipinski definition) is 7. The van der Waals surface area contributed by atoms with Gasteiger partial charge < -0.3 is 9.47 Å². The molecule has 3 aromatic carbocycles. The highest BCUT2D eigenvalue weighted by Gasteiger charge is 2.35. The Bertz CT molecular complexity index is 1310. The summed E-state index contributed by atoms with van der Waals surface area (Å²) in [5.74, 6) is 0.601. The van der Waals surface area contributed by atoms with E-state index >= 15 is 0 Å². The van der Waals surface area contributed by atoms with Crippen molar-refractivity contribution >= 4 is 57.3 Å². The quantitative estimate of drug-likeness (QED) is 0.135. The Morgan fingerprint density at radius 1 is 1.00 bits per heavy atom. The predicted molar refractivity (Wildman–Crippen MR) is 141 cm³/mol. The SMILES string of the molecule is COc1cc(/C=C2\SC(=O)N(Cc3ccc(I)cc3)C2=O)ccc1OCc1ccc([N+](=O)[O-])cc1. The molecule has 1 aliphatic heterocycles. The Kier molecular flexibility index (Phi) is 7.71. The number of nitrogens with zero attached hydrogens (tertiary/aromatic N) is 2. The van der Waals surface area contributed by atoms with Crippen molar-refractivity contribution in [3.8, 4) is 11.5 Å². The van der Waals surface area contributed by atoms with Crippen molar-refractivity contribution in [2.24, 2.45) is 0 Å². The highest BCUT2D eigenvalue weighted by atomic mass is 127. The summed E-state index contributed by atoms with van der Waals surface area (Å²) < 4.78 is 12.3. The van der Waals surface area contributed by atoms with E-state index in [4.69, 9.17) is 9.47 Å². The van der Waals surface area contributed by atoms with Gasteiger partial charge in [-0.25, -0.2) is 0 Å². The van der Waals surface area contributed by atoms with Gasteiger partial charge in [0.15, 0.2) is 11.5 Å². The van der Waals surface area contributed by atoms with Crippen molar-refractivity contribution in [1.29, 1.82) is 0 Å². The molecule has 0 unspecified atom stereocenters. The zero-order valence-electron chi connectivity index (χ0n) is 18.5. The van der Waals surface area contributed by atoms with Gasteiger partial charge in [0.2, 0.25) is 0 Å². The van der Waals surface area contributed by atoms with Crippen LogP contribution in [0, 0.1) is 13.7 Å². The molecule has 0 atom stereocenters. The van der Waals surface area contributed by atoms with Crippen molar-refractivity contribution in [3.63, 3.8) is 0 Å². The van der Waals surface area contributed by atoms with Gasteiger partial charge in [0, 0.05) is 15.7 Å². The van der Waals surface area contributed by atoms with Crippen LogP contribution in [0.15, 0.2) is 71.6 Å². The molecule has 1 fully saturated rings. The molecule has 0 spiro atoms. The normalized spacial score (nSPS) is 14.5. The third kappa shape index (κ3) is 6.01. The first-order valence-electron chi connectivity index (χ1n) is 10.4. The van der Waals surface area contributed by atoms with Gasteiger partial charge >= 0.3 is 0 Å². The van der Waals surface area contributed by atoms with Crippen molar-refractivity contribution in [3.05, 3.63) is 102 Å². The number of carbonyl (C=O) groups is 2. The molecule has 0 radical (unpaired) electrons. The maximum Gasteiger partial charge on any atom is 0.293 e. The molecule has 0 bridgehead atoms. The third-order valence-corrected chi connectivity index (χ3v) is 6.78. The maximum absolute atomic E-state index is 12.9. The van der Waals surface area contributed by atoms with E-state index < -0.39 is 4.92 Å². The van der Waals surface area contributed by atoms with Crippen LogP contribution in [0.2, 0.25) is 0 Å². The summed E-state index contributed by atoms with van der Waals surface area (Å²) in [6.45, 7) is 0.419. The molecule has 3 aromatic rings. The number of thioether (sulfide) groups is 1. The Hall–Kier alpha value is -3.38. The lowest BCUT2D eigenvalue weighted by molar-refractivity contribution is -0.384. The highest BCUT2D eigenvalue weighted by Crippen LogP contribution is 2.35. The lowest BCUT2D eigenvalue weighted by atomic mass is 10.1. The monoisotopic (exact) mass is 602 g/mol. The number of ether oxygens (including phenoxy) is 2. The van der Waals surface area contributed by atoms with Crippen molar-refractivity contribution < 1.29 is 24.0 Å². The minimum absolute atomic E-state index is 0.0126. The van der Waals surface area contributed by atoms with Crippen LogP contribution in [0.25, 0.3) is 6.08 Å². The van der Waals surface area contributed by atoms with Crippen molar-refractivity contribution in [2.45, 2.75) is 13.2 Å². The lowest BCUT2D eigenvalue weighted by Gasteiger charge is -2.12. The number of non-ortho nitro benzene ring substituents is 1. The lowest BCUT2D eigenvalue weighted by Crippen LogP contribution is -2.27. The fourth-order valence-corrected chi connectivity index (χ4v) is 4.53. The molecule has 1 aliphatic rings. The zero-order chi connectivity index (χ0) is 24.9. The smallest absolute Gasteiger partial charge is 0.293 e. The number of halogens is 1. The molecule has 0 aliphatic carbocycles. The number of rotatable bonds is 8. The van der Waals surface area contributed by atoms with E-state index in [1.807, 2.05) is 24.3 Å². The average Bonchev–Trinajstić information content (AvgIpc) is 3.11. The van der Waals surface area contributed by atoms with Gasteiger partial charge in [-0.05, 0) is 93.5 Å². The van der Waals surface area contributed by atoms with Gasteiger partial charge in [-0.2, -0.15) is 0 Å². The molecule has 0 N–H and O–H groups in total. The topological polar surface area (TPSA) is 99.0 Å². The minimum atomic E-state index is -0.455. The molecule has 4 rings (SSSR count). The summed E-state index contributed by atoms with van der Waals surface area (Å²) >= 11 is 3.11. The van der Waals surface area contributed by atoms with Crippen LogP contribution in [-0.4, -0.2) is 28.1 Å². The summed E-state index contributed by atoms with van der Waals surface area (Å²) in [4.78, 5) is 37.2. The number of hydrogen-bond donors (Lipinski definition) is 0. The maximum atomic E-state index is 12.9. The van der Waals surface area contributed by atoms with Gasteiger partial charge in [-0.3, -0.25) is 24.6 Å². The predicted octanol–water partition coefficient (Wildman–Crippen LogP) is 6.02. The number of amides is 2. The first-order chi connectivity index (χ1) is 16.8. The van der Waals surface area contributed by atoms with E-state index in [1.54, 1.807) is 36.4 Å². The molecule has 1 heterocycles. The fourth-order valence-electron chi connectivity index (χ4n) is 3.33. The summed E-state index contributed by atoms with van der Waals surface area (Å²) in [6, 6.07) is 19.0. The second-order valence-electron chi connectivity index (χ2n) is 7.52. The summed E-state index contributed by atoms with van der Waals surface area (Å²) in [7, 11) is 1.51. The fraction of sp³-hybridized carbons (Fsp3) is 0.120. The molecule has 8 nitrogen and oxygen atoms in total. The zero-order valence-corrected chi connectivity index (χ0v) is 21.4. The Balaban J connectivity index is 1.45. The standard InChI is InChI=1S/C25H19IN2O6S/c1-33-22-12-18(6-11-21(22)34-15-17-4-9-20(10-5-17)28(31)32)13-23-24(29)27(25(30)35-23)14-16-2-7-19(26)8-3-16/h2-13H,14-15H2,1H3/b23-13-. The summed E-state index contributed by atoms with van der Waals surface area (Å²) in [6.07, 6.45) is 1.65. The van der Waals surface area contributed by atoms with Gasteiger partial charge in [0.25, 0.3) is 16.8 Å².